The van der Waals surface area contributed by atoms with Gasteiger partial charge in [-0.1, -0.05) is 17.7 Å². The van der Waals surface area contributed by atoms with Gasteiger partial charge < -0.3 is 14.4 Å². The molecule has 6 heteroatoms. The van der Waals surface area contributed by atoms with Gasteiger partial charge in [-0.3, -0.25) is 4.79 Å². The van der Waals surface area contributed by atoms with Crippen LogP contribution >= 0.6 is 11.6 Å². The summed E-state index contributed by atoms with van der Waals surface area (Å²) in [5.41, 5.74) is 2.57. The third kappa shape index (κ3) is 2.92. The fraction of sp³-hybridized carbons (Fsp3) is 0.250. The summed E-state index contributed by atoms with van der Waals surface area (Å²) < 4.78 is 15.0. The van der Waals surface area contributed by atoms with Crippen molar-refractivity contribution in [2.24, 2.45) is 7.05 Å². The molecule has 1 aromatic heterocycles. The molecule has 4 rings (SSSR count). The zero-order valence-corrected chi connectivity index (χ0v) is 15.2. The summed E-state index contributed by atoms with van der Waals surface area (Å²) in [5, 5.41) is 1.54. The lowest BCUT2D eigenvalue weighted by Gasteiger charge is -2.36. The molecular weight excluding hydrogens is 353 g/mol. The fourth-order valence-corrected chi connectivity index (χ4v) is 3.74. The Bertz CT molecular complexity index is 959. The summed E-state index contributed by atoms with van der Waals surface area (Å²) in [7, 11) is 1.89. The number of fused-ring (bicyclic) bond motifs is 1. The van der Waals surface area contributed by atoms with E-state index in [-0.39, 0.29) is 11.7 Å². The number of benzene rings is 2. The first-order valence-corrected chi connectivity index (χ1v) is 8.96. The summed E-state index contributed by atoms with van der Waals surface area (Å²) in [6.07, 6.45) is 0. The van der Waals surface area contributed by atoms with E-state index >= 15 is 0 Å². The molecule has 134 valence electrons. The minimum absolute atomic E-state index is 0.0125. The van der Waals surface area contributed by atoms with Gasteiger partial charge in [-0.2, -0.15) is 0 Å². The van der Waals surface area contributed by atoms with Gasteiger partial charge in [0.05, 0.1) is 0 Å². The van der Waals surface area contributed by atoms with Crippen molar-refractivity contribution >= 4 is 34.1 Å². The molecule has 2 heterocycles. The van der Waals surface area contributed by atoms with E-state index in [2.05, 4.69) is 4.90 Å². The van der Waals surface area contributed by atoms with Gasteiger partial charge >= 0.3 is 0 Å². The molecule has 0 bridgehead atoms. The second kappa shape index (κ2) is 6.65. The van der Waals surface area contributed by atoms with Gasteiger partial charge in [0.25, 0.3) is 5.91 Å². The molecule has 1 fully saturated rings. The van der Waals surface area contributed by atoms with E-state index in [4.69, 9.17) is 11.6 Å². The highest BCUT2D eigenvalue weighted by Crippen LogP contribution is 2.27. The molecule has 0 N–H and O–H groups in total. The lowest BCUT2D eigenvalue weighted by atomic mass is 10.2. The second-order valence-electron chi connectivity index (χ2n) is 6.52. The number of halogens is 2. The summed E-state index contributed by atoms with van der Waals surface area (Å²) in [6.45, 7) is 2.71. The molecule has 0 radical (unpaired) electrons. The van der Waals surface area contributed by atoms with Gasteiger partial charge in [0, 0.05) is 54.8 Å². The molecule has 1 amide bonds. The third-order valence-electron chi connectivity index (χ3n) is 5.01. The largest absolute Gasteiger partial charge is 0.368 e. The predicted molar refractivity (Wildman–Crippen MR) is 102 cm³/mol. The standard InChI is InChI=1S/C20H19ClFN3O/c1-23-18-4-2-3-17(21)16(18)13-19(23)20(26)25-11-9-24(10-12-25)15-7-5-14(22)6-8-15/h2-8,13H,9-12H2,1H3. The Hall–Kier alpha value is -2.53. The van der Waals surface area contributed by atoms with E-state index in [0.29, 0.717) is 23.8 Å². The van der Waals surface area contributed by atoms with E-state index in [9.17, 15) is 9.18 Å². The van der Waals surface area contributed by atoms with Gasteiger partial charge in [-0.25, -0.2) is 4.39 Å². The number of hydrogen-bond acceptors (Lipinski definition) is 2. The van der Waals surface area contributed by atoms with Crippen LogP contribution < -0.4 is 4.90 Å². The SMILES string of the molecule is Cn1c(C(=O)N2CCN(c3ccc(F)cc3)CC2)cc2c(Cl)cccc21. The van der Waals surface area contributed by atoms with Crippen LogP contribution in [-0.2, 0) is 7.05 Å². The van der Waals surface area contributed by atoms with Gasteiger partial charge in [-0.05, 0) is 42.5 Å². The van der Waals surface area contributed by atoms with E-state index in [1.807, 2.05) is 40.8 Å². The van der Waals surface area contributed by atoms with Gasteiger partial charge in [0.15, 0.2) is 0 Å². The summed E-state index contributed by atoms with van der Waals surface area (Å²) in [6, 6.07) is 14.0. The van der Waals surface area contributed by atoms with E-state index < -0.39 is 0 Å². The highest BCUT2D eigenvalue weighted by molar-refractivity contribution is 6.35. The number of rotatable bonds is 2. The topological polar surface area (TPSA) is 28.5 Å². The molecule has 26 heavy (non-hydrogen) atoms. The summed E-state index contributed by atoms with van der Waals surface area (Å²) >= 11 is 6.26. The average Bonchev–Trinajstić information content (AvgIpc) is 3.00. The monoisotopic (exact) mass is 371 g/mol. The number of carbonyl (C=O) groups excluding carboxylic acids is 1. The van der Waals surface area contributed by atoms with Crippen LogP contribution in [0.1, 0.15) is 10.5 Å². The van der Waals surface area contributed by atoms with E-state index in [1.165, 1.54) is 12.1 Å². The number of amides is 1. The Morgan fingerprint density at radius 1 is 1.04 bits per heavy atom. The Kier molecular flexibility index (Phi) is 4.32. The highest BCUT2D eigenvalue weighted by atomic mass is 35.5. The Labute approximate surface area is 156 Å². The minimum atomic E-state index is -0.239. The van der Waals surface area contributed by atoms with Crippen molar-refractivity contribution in [1.82, 2.24) is 9.47 Å². The number of piperazine rings is 1. The lowest BCUT2D eigenvalue weighted by Crippen LogP contribution is -2.49. The molecule has 4 nitrogen and oxygen atoms in total. The van der Waals surface area contributed by atoms with Crippen molar-refractivity contribution < 1.29 is 9.18 Å². The van der Waals surface area contributed by atoms with Gasteiger partial charge in [0.2, 0.25) is 0 Å². The summed E-state index contributed by atoms with van der Waals surface area (Å²) in [5.74, 6) is -0.226. The zero-order chi connectivity index (χ0) is 18.3. The Morgan fingerprint density at radius 3 is 2.38 bits per heavy atom. The molecule has 0 spiro atoms. The first-order valence-electron chi connectivity index (χ1n) is 8.58. The Morgan fingerprint density at radius 2 is 1.73 bits per heavy atom. The van der Waals surface area contributed by atoms with Crippen LogP contribution in [0.4, 0.5) is 10.1 Å². The smallest absolute Gasteiger partial charge is 0.270 e. The number of aromatic nitrogens is 1. The van der Waals surface area contributed by atoms with Gasteiger partial charge in [0.1, 0.15) is 11.5 Å². The molecule has 0 saturated carbocycles. The molecule has 0 aliphatic carbocycles. The van der Waals surface area contributed by atoms with Crippen molar-refractivity contribution in [3.05, 3.63) is 65.1 Å². The molecular formula is C20H19ClFN3O. The van der Waals surface area contributed by atoms with E-state index in [0.717, 1.165) is 29.7 Å². The van der Waals surface area contributed by atoms with Crippen molar-refractivity contribution in [2.45, 2.75) is 0 Å². The molecule has 1 saturated heterocycles. The first-order chi connectivity index (χ1) is 12.5. The van der Waals surface area contributed by atoms with Crippen molar-refractivity contribution in [2.75, 3.05) is 31.1 Å². The Balaban J connectivity index is 1.51. The van der Waals surface area contributed by atoms with Crippen LogP contribution in [0.2, 0.25) is 5.02 Å². The fourth-order valence-electron chi connectivity index (χ4n) is 3.51. The first kappa shape index (κ1) is 16.9. The summed E-state index contributed by atoms with van der Waals surface area (Å²) in [4.78, 5) is 17.0. The van der Waals surface area contributed by atoms with E-state index in [1.54, 1.807) is 12.1 Å². The van der Waals surface area contributed by atoms with Crippen molar-refractivity contribution in [1.29, 1.82) is 0 Å². The number of hydrogen-bond donors (Lipinski definition) is 0. The number of carbonyl (C=O) groups is 1. The zero-order valence-electron chi connectivity index (χ0n) is 14.5. The second-order valence-corrected chi connectivity index (χ2v) is 6.92. The lowest BCUT2D eigenvalue weighted by molar-refractivity contribution is 0.0737. The van der Waals surface area contributed by atoms with Crippen LogP contribution in [0.3, 0.4) is 0 Å². The van der Waals surface area contributed by atoms with Crippen molar-refractivity contribution in [3.63, 3.8) is 0 Å². The maximum absolute atomic E-state index is 13.1. The van der Waals surface area contributed by atoms with Crippen LogP contribution in [0, 0.1) is 5.82 Å². The molecule has 3 aromatic rings. The van der Waals surface area contributed by atoms with Crippen molar-refractivity contribution in [3.8, 4) is 0 Å². The van der Waals surface area contributed by atoms with Crippen LogP contribution in [0.5, 0.6) is 0 Å². The molecule has 1 aliphatic heterocycles. The maximum atomic E-state index is 13.1. The predicted octanol–water partition coefficient (Wildman–Crippen LogP) is 3.93. The normalized spacial score (nSPS) is 14.9. The molecule has 2 aromatic carbocycles. The number of aryl methyl sites for hydroxylation is 1. The quantitative estimate of drug-likeness (QED) is 0.682. The van der Waals surface area contributed by atoms with Crippen LogP contribution in [-0.4, -0.2) is 41.6 Å². The molecule has 0 unspecified atom stereocenters. The molecule has 1 aliphatic rings. The molecule has 0 atom stereocenters. The minimum Gasteiger partial charge on any atom is -0.368 e. The van der Waals surface area contributed by atoms with Crippen LogP contribution in [0.15, 0.2) is 48.5 Å². The maximum Gasteiger partial charge on any atom is 0.270 e. The number of anilines is 1. The number of nitrogens with zero attached hydrogens (tertiary/aromatic N) is 3. The van der Waals surface area contributed by atoms with Crippen LogP contribution in [0.25, 0.3) is 10.9 Å². The van der Waals surface area contributed by atoms with Gasteiger partial charge in [-0.15, -0.1) is 0 Å². The third-order valence-corrected chi connectivity index (χ3v) is 5.34. The highest BCUT2D eigenvalue weighted by Gasteiger charge is 2.25. The average molecular weight is 372 g/mol.